The number of rotatable bonds is 4. The van der Waals surface area contributed by atoms with Gasteiger partial charge in [-0.15, -0.1) is 0 Å². The maximum Gasteiger partial charge on any atom is 0.260 e. The number of ether oxygens (including phenoxy) is 1. The molecular weight excluding hydrogens is 332 g/mol. The number of fused-ring (bicyclic) bond motifs is 1. The highest BCUT2D eigenvalue weighted by molar-refractivity contribution is 6.06. The van der Waals surface area contributed by atoms with E-state index in [-0.39, 0.29) is 42.2 Å². The molecule has 2 unspecified atom stereocenters. The van der Waals surface area contributed by atoms with Crippen LogP contribution in [0, 0.1) is 18.8 Å². The molecule has 2 fully saturated rings. The van der Waals surface area contributed by atoms with Gasteiger partial charge in [0.25, 0.3) is 5.91 Å². The number of aryl methyl sites for hydroxylation is 1. The lowest BCUT2D eigenvalue weighted by atomic mass is 9.85. The summed E-state index contributed by atoms with van der Waals surface area (Å²) in [6, 6.07) is 7.33. The third-order valence-corrected chi connectivity index (χ3v) is 5.51. The maximum absolute atomic E-state index is 12.5. The molecule has 6 nitrogen and oxygen atoms in total. The van der Waals surface area contributed by atoms with E-state index in [0.717, 1.165) is 5.56 Å². The van der Waals surface area contributed by atoms with Gasteiger partial charge in [-0.25, -0.2) is 0 Å². The number of hydrogen-bond donors (Lipinski definition) is 0. The van der Waals surface area contributed by atoms with E-state index in [0.29, 0.717) is 31.7 Å². The van der Waals surface area contributed by atoms with E-state index in [1.165, 1.54) is 4.90 Å². The molecule has 3 amide bonds. The summed E-state index contributed by atoms with van der Waals surface area (Å²) in [5.74, 6) is -0.0264. The Hall–Kier alpha value is -2.63. The molecule has 4 rings (SSSR count). The minimum absolute atomic E-state index is 0.0349. The molecule has 0 bridgehead atoms. The molecule has 0 aromatic heterocycles. The van der Waals surface area contributed by atoms with E-state index in [4.69, 9.17) is 4.74 Å². The average Bonchev–Trinajstić information content (AvgIpc) is 2.86. The largest absolute Gasteiger partial charge is 0.484 e. The van der Waals surface area contributed by atoms with Crippen molar-refractivity contribution in [1.29, 1.82) is 0 Å². The molecule has 1 aromatic rings. The quantitative estimate of drug-likeness (QED) is 0.608. The Morgan fingerprint density at radius 3 is 2.19 bits per heavy atom. The van der Waals surface area contributed by atoms with E-state index in [9.17, 15) is 14.4 Å². The summed E-state index contributed by atoms with van der Waals surface area (Å²) in [6.07, 6.45) is 5.25. The summed E-state index contributed by atoms with van der Waals surface area (Å²) in [7, 11) is 0. The number of likely N-dealkylation sites (tertiary alicyclic amines) is 2. The van der Waals surface area contributed by atoms with Crippen molar-refractivity contribution in [2.45, 2.75) is 25.8 Å². The first kappa shape index (κ1) is 16.8. The van der Waals surface area contributed by atoms with E-state index >= 15 is 0 Å². The van der Waals surface area contributed by atoms with E-state index < -0.39 is 0 Å². The van der Waals surface area contributed by atoms with Crippen LogP contribution in [0.4, 0.5) is 0 Å². The van der Waals surface area contributed by atoms with Gasteiger partial charge < -0.3 is 9.64 Å². The molecule has 1 aromatic carbocycles. The van der Waals surface area contributed by atoms with Crippen molar-refractivity contribution in [3.05, 3.63) is 42.0 Å². The van der Waals surface area contributed by atoms with Crippen molar-refractivity contribution >= 4 is 17.7 Å². The van der Waals surface area contributed by atoms with E-state index in [1.807, 2.05) is 43.3 Å². The minimum Gasteiger partial charge on any atom is -0.484 e. The summed E-state index contributed by atoms with van der Waals surface area (Å²) in [5, 5.41) is 0. The molecule has 3 aliphatic rings. The smallest absolute Gasteiger partial charge is 0.260 e. The minimum atomic E-state index is -0.206. The van der Waals surface area contributed by atoms with Crippen molar-refractivity contribution in [3.8, 4) is 5.75 Å². The number of allylic oxidation sites excluding steroid dienone is 2. The number of imide groups is 1. The molecule has 0 N–H and O–H groups in total. The molecular formula is C20H22N2O4. The Morgan fingerprint density at radius 2 is 1.62 bits per heavy atom. The fourth-order valence-electron chi connectivity index (χ4n) is 3.88. The summed E-state index contributed by atoms with van der Waals surface area (Å²) in [6.45, 7) is 2.76. The van der Waals surface area contributed by atoms with Gasteiger partial charge in [0, 0.05) is 13.1 Å². The number of nitrogens with zero attached hydrogens (tertiary/aromatic N) is 2. The van der Waals surface area contributed by atoms with Gasteiger partial charge in [-0.05, 0) is 31.9 Å². The first-order chi connectivity index (χ1) is 12.5. The number of hydrogen-bond acceptors (Lipinski definition) is 4. The average molecular weight is 354 g/mol. The molecule has 2 saturated heterocycles. The highest BCUT2D eigenvalue weighted by atomic mass is 16.5. The Balaban J connectivity index is 1.29. The number of benzene rings is 1. The fourth-order valence-corrected chi connectivity index (χ4v) is 3.88. The molecule has 2 aliphatic heterocycles. The Bertz CT molecular complexity index is 739. The van der Waals surface area contributed by atoms with Gasteiger partial charge in [-0.3, -0.25) is 19.3 Å². The van der Waals surface area contributed by atoms with Crippen molar-refractivity contribution < 1.29 is 19.1 Å². The van der Waals surface area contributed by atoms with Gasteiger partial charge in [-0.2, -0.15) is 0 Å². The molecule has 2 heterocycles. The fraction of sp³-hybridized carbons (Fsp3) is 0.450. The Kier molecular flexibility index (Phi) is 4.26. The molecule has 1 aliphatic carbocycles. The van der Waals surface area contributed by atoms with Crippen molar-refractivity contribution in [3.63, 3.8) is 0 Å². The molecule has 0 spiro atoms. The maximum atomic E-state index is 12.5. The topological polar surface area (TPSA) is 66.9 Å². The van der Waals surface area contributed by atoms with Gasteiger partial charge in [-0.1, -0.05) is 29.8 Å². The van der Waals surface area contributed by atoms with Gasteiger partial charge in [0.15, 0.2) is 6.61 Å². The monoisotopic (exact) mass is 354 g/mol. The molecule has 26 heavy (non-hydrogen) atoms. The van der Waals surface area contributed by atoms with Crippen molar-refractivity contribution in [2.24, 2.45) is 11.8 Å². The molecule has 2 atom stereocenters. The zero-order valence-corrected chi connectivity index (χ0v) is 14.8. The SMILES string of the molecule is Cc1ccc(OCC(=O)N2CC(N3C(=O)C4CC=CCC4C3=O)C2)cc1. The summed E-state index contributed by atoms with van der Waals surface area (Å²) < 4.78 is 5.51. The van der Waals surface area contributed by atoms with Crippen LogP contribution in [-0.2, 0) is 14.4 Å². The highest BCUT2D eigenvalue weighted by Gasteiger charge is 2.52. The predicted molar refractivity (Wildman–Crippen MR) is 94.2 cm³/mol. The summed E-state index contributed by atoms with van der Waals surface area (Å²) >= 11 is 0. The zero-order chi connectivity index (χ0) is 18.3. The second kappa shape index (κ2) is 6.59. The van der Waals surface area contributed by atoms with Crippen LogP contribution in [-0.4, -0.2) is 53.3 Å². The first-order valence-corrected chi connectivity index (χ1v) is 9.04. The molecule has 0 radical (unpaired) electrons. The second-order valence-electron chi connectivity index (χ2n) is 7.26. The van der Waals surface area contributed by atoms with Crippen molar-refractivity contribution in [2.75, 3.05) is 19.7 Å². The molecule has 0 saturated carbocycles. The van der Waals surface area contributed by atoms with E-state index in [1.54, 1.807) is 4.90 Å². The Morgan fingerprint density at radius 1 is 1.04 bits per heavy atom. The zero-order valence-electron chi connectivity index (χ0n) is 14.8. The number of carbonyl (C=O) groups excluding carboxylic acids is 3. The van der Waals surface area contributed by atoms with Crippen LogP contribution in [0.2, 0.25) is 0 Å². The van der Waals surface area contributed by atoms with Crippen LogP contribution in [0.5, 0.6) is 5.75 Å². The normalized spacial score (nSPS) is 25.3. The lowest BCUT2D eigenvalue weighted by Crippen LogP contribution is -2.63. The first-order valence-electron chi connectivity index (χ1n) is 9.04. The third kappa shape index (κ3) is 2.89. The number of amides is 3. The lowest BCUT2D eigenvalue weighted by molar-refractivity contribution is -0.153. The van der Waals surface area contributed by atoms with Crippen LogP contribution < -0.4 is 4.74 Å². The summed E-state index contributed by atoms with van der Waals surface area (Å²) in [5.41, 5.74) is 1.13. The Labute approximate surface area is 152 Å². The third-order valence-electron chi connectivity index (χ3n) is 5.51. The van der Waals surface area contributed by atoms with Gasteiger partial charge in [0.05, 0.1) is 17.9 Å². The highest BCUT2D eigenvalue weighted by Crippen LogP contribution is 2.37. The molecule has 6 heteroatoms. The van der Waals surface area contributed by atoms with Gasteiger partial charge in [0.1, 0.15) is 5.75 Å². The molecule has 136 valence electrons. The van der Waals surface area contributed by atoms with Gasteiger partial charge >= 0.3 is 0 Å². The standard InChI is InChI=1S/C20H22N2O4/c1-13-6-8-15(9-7-13)26-12-18(23)21-10-14(11-21)22-19(24)16-4-2-3-5-17(16)20(22)25/h2-3,6-9,14,16-17H,4-5,10-12H2,1H3. The number of carbonyl (C=O) groups is 3. The van der Waals surface area contributed by atoms with Crippen LogP contribution in [0.1, 0.15) is 18.4 Å². The van der Waals surface area contributed by atoms with Crippen molar-refractivity contribution in [1.82, 2.24) is 9.80 Å². The van der Waals surface area contributed by atoms with Crippen LogP contribution >= 0.6 is 0 Å². The van der Waals surface area contributed by atoms with Crippen LogP contribution in [0.3, 0.4) is 0 Å². The van der Waals surface area contributed by atoms with Gasteiger partial charge in [0.2, 0.25) is 11.8 Å². The predicted octanol–water partition coefficient (Wildman–Crippen LogP) is 1.54. The second-order valence-corrected chi connectivity index (χ2v) is 7.26. The van der Waals surface area contributed by atoms with Crippen LogP contribution in [0.15, 0.2) is 36.4 Å². The summed E-state index contributed by atoms with van der Waals surface area (Å²) in [4.78, 5) is 40.4. The van der Waals surface area contributed by atoms with Crippen LogP contribution in [0.25, 0.3) is 0 Å². The lowest BCUT2D eigenvalue weighted by Gasteiger charge is -2.43. The van der Waals surface area contributed by atoms with E-state index in [2.05, 4.69) is 0 Å².